The predicted octanol–water partition coefficient (Wildman–Crippen LogP) is 2.82. The molecule has 3 rings (SSSR count). The number of para-hydroxylation sites is 1. The molecule has 0 aliphatic carbocycles. The van der Waals surface area contributed by atoms with Gasteiger partial charge in [-0.1, -0.05) is 18.2 Å². The van der Waals surface area contributed by atoms with Gasteiger partial charge in [-0.05, 0) is 36.8 Å². The van der Waals surface area contributed by atoms with Crippen LogP contribution in [0.15, 0.2) is 42.5 Å². The lowest BCUT2D eigenvalue weighted by Gasteiger charge is -2.18. The van der Waals surface area contributed by atoms with E-state index < -0.39 is 5.97 Å². The second kappa shape index (κ2) is 7.70. The number of hydrogen-bond acceptors (Lipinski definition) is 5. The van der Waals surface area contributed by atoms with Crippen LogP contribution in [0.5, 0.6) is 11.5 Å². The SMILES string of the molecule is CCOC(=O)c1ccccc1NC(=O)Cc1ccc2c(c1)OCCO2. The van der Waals surface area contributed by atoms with Crippen molar-refractivity contribution in [2.24, 2.45) is 0 Å². The van der Waals surface area contributed by atoms with Gasteiger partial charge in [-0.25, -0.2) is 4.79 Å². The minimum Gasteiger partial charge on any atom is -0.486 e. The number of carbonyl (C=O) groups excluding carboxylic acids is 2. The Bertz CT molecular complexity index is 787. The van der Waals surface area contributed by atoms with Gasteiger partial charge in [-0.3, -0.25) is 4.79 Å². The maximum absolute atomic E-state index is 12.3. The second-order valence-corrected chi connectivity index (χ2v) is 5.47. The molecule has 1 N–H and O–H groups in total. The first-order valence-corrected chi connectivity index (χ1v) is 8.12. The normalized spacial score (nSPS) is 12.4. The molecular weight excluding hydrogens is 322 g/mol. The Hall–Kier alpha value is -3.02. The number of esters is 1. The van der Waals surface area contributed by atoms with Crippen molar-refractivity contribution in [2.45, 2.75) is 13.3 Å². The van der Waals surface area contributed by atoms with Crippen LogP contribution in [0.3, 0.4) is 0 Å². The highest BCUT2D eigenvalue weighted by Gasteiger charge is 2.16. The molecule has 2 aromatic rings. The first-order chi connectivity index (χ1) is 12.2. The zero-order chi connectivity index (χ0) is 17.6. The number of carbonyl (C=O) groups is 2. The van der Waals surface area contributed by atoms with E-state index in [1.54, 1.807) is 43.3 Å². The highest BCUT2D eigenvalue weighted by molar-refractivity contribution is 6.01. The average Bonchev–Trinajstić information content (AvgIpc) is 2.62. The van der Waals surface area contributed by atoms with Crippen molar-refractivity contribution in [3.63, 3.8) is 0 Å². The molecule has 25 heavy (non-hydrogen) atoms. The first-order valence-electron chi connectivity index (χ1n) is 8.12. The number of benzene rings is 2. The quantitative estimate of drug-likeness (QED) is 0.847. The standard InChI is InChI=1S/C19H19NO5/c1-2-23-19(22)14-5-3-4-6-15(14)20-18(21)12-13-7-8-16-17(11-13)25-10-9-24-16/h3-8,11H,2,9-10,12H2,1H3,(H,20,21). The lowest BCUT2D eigenvalue weighted by atomic mass is 10.1. The summed E-state index contributed by atoms with van der Waals surface area (Å²) < 4.78 is 16.0. The number of hydrogen-bond donors (Lipinski definition) is 1. The lowest BCUT2D eigenvalue weighted by molar-refractivity contribution is -0.115. The molecule has 0 bridgehead atoms. The number of ether oxygens (including phenoxy) is 3. The minimum atomic E-state index is -0.460. The monoisotopic (exact) mass is 341 g/mol. The number of amides is 1. The summed E-state index contributed by atoms with van der Waals surface area (Å²) in [5.41, 5.74) is 1.57. The van der Waals surface area contributed by atoms with Crippen LogP contribution < -0.4 is 14.8 Å². The van der Waals surface area contributed by atoms with E-state index in [9.17, 15) is 9.59 Å². The van der Waals surface area contributed by atoms with Crippen LogP contribution in [0.2, 0.25) is 0 Å². The Morgan fingerprint density at radius 2 is 1.84 bits per heavy atom. The average molecular weight is 341 g/mol. The molecule has 6 heteroatoms. The van der Waals surface area contributed by atoms with Gasteiger partial charge in [0.1, 0.15) is 13.2 Å². The lowest BCUT2D eigenvalue weighted by Crippen LogP contribution is -2.18. The van der Waals surface area contributed by atoms with E-state index in [0.717, 1.165) is 5.56 Å². The molecule has 1 amide bonds. The summed E-state index contributed by atoms with van der Waals surface area (Å²) in [5, 5.41) is 2.77. The van der Waals surface area contributed by atoms with Crippen LogP contribution in [0.4, 0.5) is 5.69 Å². The third-order valence-electron chi connectivity index (χ3n) is 3.67. The van der Waals surface area contributed by atoms with Crippen molar-refractivity contribution in [3.8, 4) is 11.5 Å². The third-order valence-corrected chi connectivity index (χ3v) is 3.67. The highest BCUT2D eigenvalue weighted by Crippen LogP contribution is 2.31. The Morgan fingerprint density at radius 3 is 2.64 bits per heavy atom. The largest absolute Gasteiger partial charge is 0.486 e. The Kier molecular flexibility index (Phi) is 5.18. The van der Waals surface area contributed by atoms with Crippen molar-refractivity contribution in [3.05, 3.63) is 53.6 Å². The van der Waals surface area contributed by atoms with E-state index in [1.807, 2.05) is 6.07 Å². The fraction of sp³-hybridized carbons (Fsp3) is 0.263. The van der Waals surface area contributed by atoms with Crippen LogP contribution in [-0.2, 0) is 16.0 Å². The second-order valence-electron chi connectivity index (χ2n) is 5.47. The summed E-state index contributed by atoms with van der Waals surface area (Å²) in [6.45, 7) is 3.03. The molecule has 1 aliphatic rings. The molecule has 0 unspecified atom stereocenters. The number of fused-ring (bicyclic) bond motifs is 1. The van der Waals surface area contributed by atoms with Crippen molar-refractivity contribution < 1.29 is 23.8 Å². The highest BCUT2D eigenvalue weighted by atomic mass is 16.6. The van der Waals surface area contributed by atoms with Crippen LogP contribution in [0, 0.1) is 0 Å². The molecule has 2 aromatic carbocycles. The van der Waals surface area contributed by atoms with Gasteiger partial charge in [0, 0.05) is 0 Å². The number of anilines is 1. The van der Waals surface area contributed by atoms with E-state index in [4.69, 9.17) is 14.2 Å². The summed E-state index contributed by atoms with van der Waals surface area (Å²) in [5.74, 6) is 0.637. The van der Waals surface area contributed by atoms with Crippen LogP contribution in [-0.4, -0.2) is 31.7 Å². The van der Waals surface area contributed by atoms with E-state index in [-0.39, 0.29) is 18.9 Å². The van der Waals surface area contributed by atoms with E-state index >= 15 is 0 Å². The van der Waals surface area contributed by atoms with Gasteiger partial charge in [-0.15, -0.1) is 0 Å². The fourth-order valence-corrected chi connectivity index (χ4v) is 2.56. The van der Waals surface area contributed by atoms with Gasteiger partial charge in [0.25, 0.3) is 0 Å². The zero-order valence-electron chi connectivity index (χ0n) is 13.9. The zero-order valence-corrected chi connectivity index (χ0v) is 13.9. The van der Waals surface area contributed by atoms with Gasteiger partial charge in [0.2, 0.25) is 5.91 Å². The van der Waals surface area contributed by atoms with Gasteiger partial charge < -0.3 is 19.5 Å². The minimum absolute atomic E-state index is 0.161. The van der Waals surface area contributed by atoms with Gasteiger partial charge in [0.05, 0.1) is 24.3 Å². The fourth-order valence-electron chi connectivity index (χ4n) is 2.56. The summed E-state index contributed by atoms with van der Waals surface area (Å²) in [4.78, 5) is 24.3. The number of rotatable bonds is 5. The molecule has 0 spiro atoms. The Labute approximate surface area is 145 Å². The summed E-state index contributed by atoms with van der Waals surface area (Å²) in [7, 11) is 0. The predicted molar refractivity (Wildman–Crippen MR) is 92.2 cm³/mol. The molecule has 1 heterocycles. The van der Waals surface area contributed by atoms with Gasteiger partial charge in [-0.2, -0.15) is 0 Å². The van der Waals surface area contributed by atoms with Gasteiger partial charge in [0.15, 0.2) is 11.5 Å². The topological polar surface area (TPSA) is 73.9 Å². The summed E-state index contributed by atoms with van der Waals surface area (Å²) in [6.07, 6.45) is 0.161. The molecule has 0 saturated heterocycles. The Balaban J connectivity index is 1.70. The summed E-state index contributed by atoms with van der Waals surface area (Å²) in [6, 6.07) is 12.2. The molecule has 0 fully saturated rings. The van der Waals surface area contributed by atoms with Crippen molar-refractivity contribution in [1.82, 2.24) is 0 Å². The third kappa shape index (κ3) is 4.09. The van der Waals surface area contributed by atoms with E-state index in [1.165, 1.54) is 0 Å². The van der Waals surface area contributed by atoms with E-state index in [2.05, 4.69) is 5.32 Å². The first kappa shape index (κ1) is 16.8. The molecule has 0 saturated carbocycles. The maximum atomic E-state index is 12.3. The Morgan fingerprint density at radius 1 is 1.08 bits per heavy atom. The molecule has 0 atom stereocenters. The van der Waals surface area contributed by atoms with Crippen molar-refractivity contribution in [1.29, 1.82) is 0 Å². The molecule has 6 nitrogen and oxygen atoms in total. The molecule has 0 aromatic heterocycles. The summed E-state index contributed by atoms with van der Waals surface area (Å²) >= 11 is 0. The molecule has 0 radical (unpaired) electrons. The van der Waals surface area contributed by atoms with Crippen LogP contribution >= 0.6 is 0 Å². The number of nitrogens with one attached hydrogen (secondary N) is 1. The van der Waals surface area contributed by atoms with Crippen molar-refractivity contribution >= 4 is 17.6 Å². The maximum Gasteiger partial charge on any atom is 0.340 e. The van der Waals surface area contributed by atoms with Gasteiger partial charge >= 0.3 is 5.97 Å². The van der Waals surface area contributed by atoms with Crippen LogP contribution in [0.25, 0.3) is 0 Å². The molecule has 130 valence electrons. The smallest absolute Gasteiger partial charge is 0.340 e. The molecular formula is C19H19NO5. The van der Waals surface area contributed by atoms with Crippen LogP contribution in [0.1, 0.15) is 22.8 Å². The van der Waals surface area contributed by atoms with Crippen molar-refractivity contribution in [2.75, 3.05) is 25.1 Å². The van der Waals surface area contributed by atoms with E-state index in [0.29, 0.717) is 36.0 Å². The molecule has 1 aliphatic heterocycles.